The Hall–Kier alpha value is 0.310. The first-order valence-electron chi connectivity index (χ1n) is 11.5. The van der Waals surface area contributed by atoms with Crippen molar-refractivity contribution < 1.29 is 5.11 Å². The van der Waals surface area contributed by atoms with Gasteiger partial charge in [0.1, 0.15) is 0 Å². The third-order valence-electron chi connectivity index (χ3n) is 5.17. The summed E-state index contributed by atoms with van der Waals surface area (Å²) in [5.41, 5.74) is 0. The fourth-order valence-corrected chi connectivity index (χ4v) is 4.50. The van der Waals surface area contributed by atoms with Crippen LogP contribution in [-0.2, 0) is 0 Å². The van der Waals surface area contributed by atoms with Crippen LogP contribution in [0, 0.1) is 0 Å². The van der Waals surface area contributed by atoms with E-state index in [1.165, 1.54) is 115 Å². The molecule has 0 fully saturated rings. The lowest BCUT2D eigenvalue weighted by molar-refractivity contribution is 0.284. The molecular formula is C23H48OS. The van der Waals surface area contributed by atoms with Crippen molar-refractivity contribution in [3.8, 4) is 0 Å². The maximum absolute atomic E-state index is 8.83. The molecule has 0 aromatic heterocycles. The van der Waals surface area contributed by atoms with Crippen LogP contribution in [0.2, 0.25) is 0 Å². The highest BCUT2D eigenvalue weighted by molar-refractivity contribution is 7.99. The van der Waals surface area contributed by atoms with Gasteiger partial charge in [0.05, 0.1) is 0 Å². The lowest BCUT2D eigenvalue weighted by Crippen LogP contribution is -1.99. The molecule has 1 unspecified atom stereocenters. The summed E-state index contributed by atoms with van der Waals surface area (Å²) in [6.07, 6.45) is 25.3. The van der Waals surface area contributed by atoms with Crippen LogP contribution < -0.4 is 0 Å². The quantitative estimate of drug-likeness (QED) is 0.205. The van der Waals surface area contributed by atoms with Crippen LogP contribution in [0.4, 0.5) is 0 Å². The van der Waals surface area contributed by atoms with Gasteiger partial charge in [-0.1, -0.05) is 110 Å². The van der Waals surface area contributed by atoms with E-state index < -0.39 is 0 Å². The molecule has 0 heterocycles. The maximum atomic E-state index is 8.83. The normalized spacial score (nSPS) is 12.6. The summed E-state index contributed by atoms with van der Waals surface area (Å²) in [6, 6.07) is 0. The van der Waals surface area contributed by atoms with Crippen LogP contribution in [0.1, 0.15) is 129 Å². The predicted molar refractivity (Wildman–Crippen MR) is 118 cm³/mol. The SMILES string of the molecule is CCCCCCCCCCCCCCCCCCSC(C)CCCO. The molecule has 0 aliphatic rings. The first-order chi connectivity index (χ1) is 12.3. The standard InChI is InChI=1S/C23H48OS/c1-3-4-5-6-7-8-9-10-11-12-13-14-15-16-17-18-22-25-23(2)20-19-21-24/h23-24H,3-22H2,1-2H3. The lowest BCUT2D eigenvalue weighted by Gasteiger charge is -2.09. The summed E-state index contributed by atoms with van der Waals surface area (Å²) < 4.78 is 0. The van der Waals surface area contributed by atoms with Crippen molar-refractivity contribution in [2.45, 2.75) is 135 Å². The zero-order valence-corrected chi connectivity index (χ0v) is 18.4. The highest BCUT2D eigenvalue weighted by Crippen LogP contribution is 2.18. The largest absolute Gasteiger partial charge is 0.396 e. The summed E-state index contributed by atoms with van der Waals surface area (Å²) >= 11 is 2.09. The van der Waals surface area contributed by atoms with E-state index in [4.69, 9.17) is 5.11 Å². The molecule has 0 aliphatic carbocycles. The van der Waals surface area contributed by atoms with E-state index in [0.717, 1.165) is 11.7 Å². The number of aliphatic hydroxyl groups is 1. The van der Waals surface area contributed by atoms with Gasteiger partial charge in [-0.3, -0.25) is 0 Å². The van der Waals surface area contributed by atoms with Gasteiger partial charge in [0.25, 0.3) is 0 Å². The van der Waals surface area contributed by atoms with Crippen LogP contribution in [0.15, 0.2) is 0 Å². The van der Waals surface area contributed by atoms with Crippen molar-refractivity contribution in [3.63, 3.8) is 0 Å². The Morgan fingerprint density at radius 1 is 0.600 bits per heavy atom. The van der Waals surface area contributed by atoms with E-state index in [-0.39, 0.29) is 0 Å². The van der Waals surface area contributed by atoms with Crippen LogP contribution in [0.5, 0.6) is 0 Å². The van der Waals surface area contributed by atoms with Crippen LogP contribution in [0.25, 0.3) is 0 Å². The topological polar surface area (TPSA) is 20.2 Å². The first kappa shape index (κ1) is 25.3. The van der Waals surface area contributed by atoms with E-state index in [2.05, 4.69) is 25.6 Å². The molecule has 0 aromatic rings. The molecule has 0 rings (SSSR count). The number of rotatable bonds is 21. The Morgan fingerprint density at radius 3 is 1.40 bits per heavy atom. The third kappa shape index (κ3) is 22.3. The minimum Gasteiger partial charge on any atom is -0.396 e. The fraction of sp³-hybridized carbons (Fsp3) is 1.00. The third-order valence-corrected chi connectivity index (χ3v) is 6.50. The fourth-order valence-electron chi connectivity index (χ4n) is 3.40. The summed E-state index contributed by atoms with van der Waals surface area (Å²) in [7, 11) is 0. The number of unbranched alkanes of at least 4 members (excludes halogenated alkanes) is 15. The van der Waals surface area contributed by atoms with Gasteiger partial charge in [0.15, 0.2) is 0 Å². The molecule has 1 nitrogen and oxygen atoms in total. The van der Waals surface area contributed by atoms with Crippen molar-refractivity contribution in [3.05, 3.63) is 0 Å². The van der Waals surface area contributed by atoms with Gasteiger partial charge in [-0.05, 0) is 25.0 Å². The molecule has 1 N–H and O–H groups in total. The number of hydrogen-bond acceptors (Lipinski definition) is 2. The Labute approximate surface area is 164 Å². The molecule has 0 saturated heterocycles. The van der Waals surface area contributed by atoms with Gasteiger partial charge in [-0.2, -0.15) is 11.8 Å². The summed E-state index contributed by atoms with van der Waals surface area (Å²) in [5, 5.41) is 9.55. The Bertz CT molecular complexity index is 232. The van der Waals surface area contributed by atoms with E-state index >= 15 is 0 Å². The van der Waals surface area contributed by atoms with Crippen molar-refractivity contribution in [1.82, 2.24) is 0 Å². The van der Waals surface area contributed by atoms with Gasteiger partial charge in [0, 0.05) is 11.9 Å². The molecule has 0 aliphatic heterocycles. The van der Waals surface area contributed by atoms with Crippen molar-refractivity contribution in [1.29, 1.82) is 0 Å². The molecule has 2 heteroatoms. The molecular weight excluding hydrogens is 324 g/mol. The first-order valence-corrected chi connectivity index (χ1v) is 12.6. The van der Waals surface area contributed by atoms with E-state index in [1.54, 1.807) is 0 Å². The second-order valence-electron chi connectivity index (χ2n) is 7.85. The van der Waals surface area contributed by atoms with Crippen molar-refractivity contribution in [2.24, 2.45) is 0 Å². The van der Waals surface area contributed by atoms with E-state index in [9.17, 15) is 0 Å². The van der Waals surface area contributed by atoms with Crippen LogP contribution >= 0.6 is 11.8 Å². The maximum Gasteiger partial charge on any atom is 0.0431 e. The number of aliphatic hydroxyl groups excluding tert-OH is 1. The summed E-state index contributed by atoms with van der Waals surface area (Å²) in [4.78, 5) is 0. The Kier molecular flexibility index (Phi) is 22.6. The number of hydrogen-bond donors (Lipinski definition) is 1. The molecule has 0 saturated carbocycles. The van der Waals surface area contributed by atoms with E-state index in [0.29, 0.717) is 6.61 Å². The second kappa shape index (κ2) is 22.4. The Morgan fingerprint density at radius 2 is 1.00 bits per heavy atom. The minimum absolute atomic E-state index is 0.351. The average molecular weight is 373 g/mol. The van der Waals surface area contributed by atoms with Gasteiger partial charge in [-0.15, -0.1) is 0 Å². The van der Waals surface area contributed by atoms with Crippen molar-refractivity contribution >= 4 is 11.8 Å². The van der Waals surface area contributed by atoms with Crippen LogP contribution in [-0.4, -0.2) is 22.7 Å². The summed E-state index contributed by atoms with van der Waals surface area (Å²) in [5.74, 6) is 1.31. The second-order valence-corrected chi connectivity index (χ2v) is 9.40. The van der Waals surface area contributed by atoms with Gasteiger partial charge >= 0.3 is 0 Å². The minimum atomic E-state index is 0.351. The average Bonchev–Trinajstić information content (AvgIpc) is 2.62. The molecule has 0 radical (unpaired) electrons. The summed E-state index contributed by atoms with van der Waals surface area (Å²) in [6.45, 7) is 4.94. The molecule has 0 amide bonds. The molecule has 0 aromatic carbocycles. The van der Waals surface area contributed by atoms with Gasteiger partial charge in [-0.25, -0.2) is 0 Å². The Balaban J connectivity index is 3.03. The zero-order valence-electron chi connectivity index (χ0n) is 17.6. The highest BCUT2D eigenvalue weighted by atomic mass is 32.2. The highest BCUT2D eigenvalue weighted by Gasteiger charge is 2.01. The van der Waals surface area contributed by atoms with Gasteiger partial charge in [0.2, 0.25) is 0 Å². The lowest BCUT2D eigenvalue weighted by atomic mass is 10.0. The molecule has 0 bridgehead atoms. The molecule has 25 heavy (non-hydrogen) atoms. The zero-order chi connectivity index (χ0) is 18.4. The predicted octanol–water partition coefficient (Wildman–Crippen LogP) is 8.14. The number of thioether (sulfide) groups is 1. The molecule has 1 atom stereocenters. The van der Waals surface area contributed by atoms with Crippen molar-refractivity contribution in [2.75, 3.05) is 12.4 Å². The van der Waals surface area contributed by atoms with Crippen LogP contribution in [0.3, 0.4) is 0 Å². The monoisotopic (exact) mass is 372 g/mol. The smallest absolute Gasteiger partial charge is 0.0431 e. The van der Waals surface area contributed by atoms with Gasteiger partial charge < -0.3 is 5.11 Å². The molecule has 0 spiro atoms. The molecule has 152 valence electrons. The van der Waals surface area contributed by atoms with E-state index in [1.807, 2.05) is 0 Å².